The highest BCUT2D eigenvalue weighted by Gasteiger charge is 2.27. The highest BCUT2D eigenvalue weighted by Crippen LogP contribution is 2.43. The first-order valence-electron chi connectivity index (χ1n) is 28.0. The van der Waals surface area contributed by atoms with Gasteiger partial charge in [-0.2, -0.15) is 0 Å². The van der Waals surface area contributed by atoms with Crippen molar-refractivity contribution < 1.29 is 32.9 Å². The van der Waals surface area contributed by atoms with Crippen molar-refractivity contribution in [2.75, 3.05) is 40.9 Å². The van der Waals surface area contributed by atoms with Gasteiger partial charge >= 0.3 is 7.82 Å². The number of carbonyl (C=O) groups is 1. The third kappa shape index (κ3) is 51.5. The van der Waals surface area contributed by atoms with E-state index in [-0.39, 0.29) is 25.5 Å². The Morgan fingerprint density at radius 3 is 1.35 bits per heavy atom. The van der Waals surface area contributed by atoms with Crippen molar-refractivity contribution in [1.29, 1.82) is 0 Å². The molecular weight excluding hydrogens is 864 g/mol. The van der Waals surface area contributed by atoms with Crippen LogP contribution in [0.3, 0.4) is 0 Å². The van der Waals surface area contributed by atoms with Crippen LogP contribution in [-0.4, -0.2) is 73.4 Å². The Kier molecular flexibility index (Phi) is 48.0. The zero-order chi connectivity index (χ0) is 49.9. The Hall–Kier alpha value is -2.32. The summed E-state index contributed by atoms with van der Waals surface area (Å²) in [7, 11) is 1.51. The highest BCUT2D eigenvalue weighted by atomic mass is 31.2. The number of nitrogens with one attached hydrogen (secondary N) is 1. The van der Waals surface area contributed by atoms with E-state index in [2.05, 4.69) is 92.1 Å². The second-order valence-electron chi connectivity index (χ2n) is 19.9. The minimum atomic E-state index is -4.37. The highest BCUT2D eigenvalue weighted by molar-refractivity contribution is 7.47. The lowest BCUT2D eigenvalue weighted by molar-refractivity contribution is -0.870. The van der Waals surface area contributed by atoms with Crippen LogP contribution in [0.2, 0.25) is 0 Å². The number of allylic oxidation sites excluding steroid dienone is 13. The van der Waals surface area contributed by atoms with Crippen LogP contribution >= 0.6 is 7.82 Å². The minimum absolute atomic E-state index is 0.0414. The van der Waals surface area contributed by atoms with Gasteiger partial charge in [-0.05, 0) is 70.6 Å². The first kappa shape index (κ1) is 65.7. The summed E-state index contributed by atoms with van der Waals surface area (Å²) >= 11 is 0. The van der Waals surface area contributed by atoms with Crippen molar-refractivity contribution >= 4 is 13.7 Å². The predicted octanol–water partition coefficient (Wildman–Crippen LogP) is 16.9. The molecule has 0 aliphatic carbocycles. The first-order valence-corrected chi connectivity index (χ1v) is 29.5. The van der Waals surface area contributed by atoms with Gasteiger partial charge in [0.05, 0.1) is 39.9 Å². The van der Waals surface area contributed by atoms with Crippen molar-refractivity contribution in [3.8, 4) is 0 Å². The van der Waals surface area contributed by atoms with Gasteiger partial charge in [0, 0.05) is 6.42 Å². The number of rotatable bonds is 50. The Morgan fingerprint density at radius 1 is 0.515 bits per heavy atom. The fourth-order valence-electron chi connectivity index (χ4n) is 7.74. The van der Waals surface area contributed by atoms with Gasteiger partial charge in [0.2, 0.25) is 5.91 Å². The van der Waals surface area contributed by atoms with Crippen molar-refractivity contribution in [2.24, 2.45) is 0 Å². The van der Waals surface area contributed by atoms with Crippen molar-refractivity contribution in [2.45, 2.75) is 244 Å². The third-order valence-corrected chi connectivity index (χ3v) is 13.1. The molecule has 0 aromatic rings. The zero-order valence-corrected chi connectivity index (χ0v) is 45.7. The van der Waals surface area contributed by atoms with Gasteiger partial charge in [-0.25, -0.2) is 4.57 Å². The van der Waals surface area contributed by atoms with E-state index >= 15 is 0 Å². The predicted molar refractivity (Wildman–Crippen MR) is 295 cm³/mol. The monoisotopic (exact) mass is 972 g/mol. The molecular formula is C59H108N2O6P+. The smallest absolute Gasteiger partial charge is 0.387 e. The summed E-state index contributed by atoms with van der Waals surface area (Å²) in [6.45, 7) is 4.64. The van der Waals surface area contributed by atoms with Crippen LogP contribution in [0, 0.1) is 0 Å². The van der Waals surface area contributed by atoms with Crippen LogP contribution in [0.1, 0.15) is 232 Å². The Balaban J connectivity index is 4.29. The van der Waals surface area contributed by atoms with Gasteiger partial charge in [-0.3, -0.25) is 13.8 Å². The molecule has 0 aliphatic rings. The van der Waals surface area contributed by atoms with E-state index < -0.39 is 20.0 Å². The normalized spacial score (nSPS) is 14.6. The molecule has 394 valence electrons. The molecule has 0 spiro atoms. The zero-order valence-electron chi connectivity index (χ0n) is 44.8. The summed E-state index contributed by atoms with van der Waals surface area (Å²) in [5, 5.41) is 13.8. The molecule has 0 rings (SSSR count). The molecule has 0 aromatic carbocycles. The van der Waals surface area contributed by atoms with Crippen LogP contribution < -0.4 is 5.32 Å². The number of quaternary nitrogens is 1. The van der Waals surface area contributed by atoms with Gasteiger partial charge in [0.15, 0.2) is 0 Å². The summed E-state index contributed by atoms with van der Waals surface area (Å²) in [6.07, 6.45) is 70.0. The molecule has 3 N–H and O–H groups in total. The maximum atomic E-state index is 12.9. The van der Waals surface area contributed by atoms with E-state index in [1.807, 2.05) is 27.2 Å². The van der Waals surface area contributed by atoms with E-state index in [1.54, 1.807) is 6.08 Å². The summed E-state index contributed by atoms with van der Waals surface area (Å²) in [6, 6.07) is -0.899. The maximum absolute atomic E-state index is 12.9. The fourth-order valence-corrected chi connectivity index (χ4v) is 8.48. The topological polar surface area (TPSA) is 105 Å². The van der Waals surface area contributed by atoms with Gasteiger partial charge in [0.25, 0.3) is 0 Å². The average molecular weight is 972 g/mol. The molecule has 8 nitrogen and oxygen atoms in total. The van der Waals surface area contributed by atoms with Gasteiger partial charge in [0.1, 0.15) is 13.2 Å². The first-order chi connectivity index (χ1) is 33.0. The Bertz CT molecular complexity index is 1380. The molecule has 0 radical (unpaired) electrons. The molecule has 1 amide bonds. The summed E-state index contributed by atoms with van der Waals surface area (Å²) < 4.78 is 23.6. The molecule has 0 fully saturated rings. The molecule has 0 aromatic heterocycles. The molecule has 0 saturated carbocycles. The number of aliphatic hydroxyl groups is 1. The molecule has 3 unspecified atom stereocenters. The number of unbranched alkanes of at least 4 members (excludes halogenated alkanes) is 25. The van der Waals surface area contributed by atoms with Crippen LogP contribution in [0.15, 0.2) is 85.1 Å². The van der Waals surface area contributed by atoms with Crippen molar-refractivity contribution in [1.82, 2.24) is 5.32 Å². The maximum Gasteiger partial charge on any atom is 0.472 e. The Labute approximate surface area is 420 Å². The molecule has 68 heavy (non-hydrogen) atoms. The molecule has 3 atom stereocenters. The van der Waals surface area contributed by atoms with E-state index in [0.717, 1.165) is 57.8 Å². The van der Waals surface area contributed by atoms with Crippen LogP contribution in [0.25, 0.3) is 0 Å². The van der Waals surface area contributed by atoms with Gasteiger partial charge in [-0.1, -0.05) is 240 Å². The third-order valence-electron chi connectivity index (χ3n) is 12.1. The van der Waals surface area contributed by atoms with E-state index in [1.165, 1.54) is 148 Å². The Morgan fingerprint density at radius 2 is 0.897 bits per heavy atom. The number of phosphoric ester groups is 1. The number of carbonyl (C=O) groups excluding carboxylic acids is 1. The lowest BCUT2D eigenvalue weighted by Crippen LogP contribution is -2.45. The van der Waals surface area contributed by atoms with Gasteiger partial charge < -0.3 is 19.8 Å². The van der Waals surface area contributed by atoms with Crippen molar-refractivity contribution in [3.63, 3.8) is 0 Å². The summed E-state index contributed by atoms with van der Waals surface area (Å²) in [5.41, 5.74) is 0. The lowest BCUT2D eigenvalue weighted by Gasteiger charge is -2.25. The van der Waals surface area contributed by atoms with E-state index in [4.69, 9.17) is 9.05 Å². The SMILES string of the molecule is CC/C=C\C/C=C\C/C=C\C/C=C\C/C=C\CCCC(=O)NC(COP(=O)(O)OCC[N+](C)(C)C)C(O)/C=C/CC/C=C/CCCCCCCCCCCCCCCCCCCCCCCCC. The van der Waals surface area contributed by atoms with Crippen LogP contribution in [0.5, 0.6) is 0 Å². The standard InChI is InChI=1S/C59H107N2O6P/c1-6-8-10-12-14-16-18-20-22-24-25-26-27-28-29-30-31-32-33-34-35-37-38-40-42-44-46-48-50-52-58(62)57(56-67-68(64,65)66-55-54-61(3,4)5)60-59(63)53-51-49-47-45-43-41-39-36-23-21-19-17-15-13-11-9-7-2/h9,11,15,17,21,23,39,41-42,44-45,47,50,52,57-58,62H,6-8,10,12-14,16,18-20,22,24-38,40,43,46,48-49,51,53-56H2,1-5H3,(H-,60,63,64,65)/p+1/b11-9-,17-15-,23-21-,41-39-,44-42+,47-45-,52-50+. The number of hydrogen-bond acceptors (Lipinski definition) is 5. The molecule has 0 saturated heterocycles. The van der Waals surface area contributed by atoms with Crippen molar-refractivity contribution in [3.05, 3.63) is 85.1 Å². The number of nitrogens with zero attached hydrogens (tertiary/aromatic N) is 1. The molecule has 0 bridgehead atoms. The number of phosphoric acid groups is 1. The number of amides is 1. The number of likely N-dealkylation sites (N-methyl/N-ethyl adjacent to an activating group) is 1. The second kappa shape index (κ2) is 49.7. The largest absolute Gasteiger partial charge is 0.472 e. The van der Waals surface area contributed by atoms with Crippen LogP contribution in [0.4, 0.5) is 0 Å². The second-order valence-corrected chi connectivity index (χ2v) is 21.4. The summed E-state index contributed by atoms with van der Waals surface area (Å²) in [5.74, 6) is -0.245. The molecule has 0 heterocycles. The van der Waals surface area contributed by atoms with Gasteiger partial charge in [-0.15, -0.1) is 0 Å². The van der Waals surface area contributed by atoms with Crippen LogP contribution in [-0.2, 0) is 18.4 Å². The number of hydrogen-bond donors (Lipinski definition) is 3. The van der Waals surface area contributed by atoms with E-state index in [0.29, 0.717) is 17.4 Å². The lowest BCUT2D eigenvalue weighted by atomic mass is 10.0. The molecule has 9 heteroatoms. The quantitative estimate of drug-likeness (QED) is 0.0243. The number of aliphatic hydroxyl groups excluding tert-OH is 1. The van der Waals surface area contributed by atoms with E-state index in [9.17, 15) is 19.4 Å². The average Bonchev–Trinajstić information content (AvgIpc) is 3.30. The minimum Gasteiger partial charge on any atom is -0.387 e. The summed E-state index contributed by atoms with van der Waals surface area (Å²) in [4.78, 5) is 23.2. The fraction of sp³-hybridized carbons (Fsp3) is 0.746. The molecule has 0 aliphatic heterocycles.